The first kappa shape index (κ1) is 13.1. The number of nitrogens with zero attached hydrogens (tertiary/aromatic N) is 3. The van der Waals surface area contributed by atoms with Crippen LogP contribution in [0.5, 0.6) is 0 Å². The van der Waals surface area contributed by atoms with Gasteiger partial charge in [-0.15, -0.1) is 0 Å². The second-order valence-corrected chi connectivity index (χ2v) is 5.29. The van der Waals surface area contributed by atoms with Crippen molar-refractivity contribution in [2.24, 2.45) is 5.92 Å². The predicted molar refractivity (Wildman–Crippen MR) is 76.0 cm³/mol. The molecule has 0 saturated heterocycles. The van der Waals surface area contributed by atoms with E-state index in [1.807, 2.05) is 12.3 Å². The monoisotopic (exact) mass is 248 g/mol. The maximum Gasteiger partial charge on any atom is 0.224 e. The number of hydrogen-bond donors (Lipinski definition) is 1. The molecule has 1 heterocycles. The molecule has 18 heavy (non-hydrogen) atoms. The average molecular weight is 248 g/mol. The van der Waals surface area contributed by atoms with Crippen molar-refractivity contribution in [1.29, 1.82) is 0 Å². The topological polar surface area (TPSA) is 41.1 Å². The molecule has 1 aliphatic rings. The molecule has 0 aromatic carbocycles. The van der Waals surface area contributed by atoms with Crippen LogP contribution in [0, 0.1) is 5.92 Å². The van der Waals surface area contributed by atoms with Gasteiger partial charge in [0.25, 0.3) is 0 Å². The van der Waals surface area contributed by atoms with Gasteiger partial charge in [-0.25, -0.2) is 4.98 Å². The summed E-state index contributed by atoms with van der Waals surface area (Å²) in [6, 6.07) is 2.63. The van der Waals surface area contributed by atoms with Gasteiger partial charge < -0.3 is 10.2 Å². The van der Waals surface area contributed by atoms with E-state index >= 15 is 0 Å². The van der Waals surface area contributed by atoms with E-state index in [4.69, 9.17) is 0 Å². The van der Waals surface area contributed by atoms with E-state index < -0.39 is 0 Å². The molecular formula is C14H24N4. The quantitative estimate of drug-likeness (QED) is 0.889. The van der Waals surface area contributed by atoms with E-state index in [-0.39, 0.29) is 0 Å². The third-order valence-electron chi connectivity index (χ3n) is 3.87. The van der Waals surface area contributed by atoms with Crippen molar-refractivity contribution >= 4 is 11.8 Å². The van der Waals surface area contributed by atoms with Crippen molar-refractivity contribution in [1.82, 2.24) is 9.97 Å². The standard InChI is InChI=1S/C14H24N4/c1-4-15-14-16-10-9-13(17-14)18(3)12-7-5-11(2)6-8-12/h9-12H,4-8H2,1-3H3,(H,15,16,17). The molecule has 1 aliphatic carbocycles. The average Bonchev–Trinajstić information content (AvgIpc) is 2.39. The largest absolute Gasteiger partial charge is 0.357 e. The van der Waals surface area contributed by atoms with Gasteiger partial charge in [-0.1, -0.05) is 6.92 Å². The molecule has 0 amide bonds. The van der Waals surface area contributed by atoms with Crippen LogP contribution in [0.3, 0.4) is 0 Å². The molecule has 0 unspecified atom stereocenters. The van der Waals surface area contributed by atoms with Gasteiger partial charge in [-0.3, -0.25) is 0 Å². The van der Waals surface area contributed by atoms with Crippen molar-refractivity contribution in [3.63, 3.8) is 0 Å². The zero-order valence-electron chi connectivity index (χ0n) is 11.7. The van der Waals surface area contributed by atoms with Crippen LogP contribution >= 0.6 is 0 Å². The third-order valence-corrected chi connectivity index (χ3v) is 3.87. The van der Waals surface area contributed by atoms with Crippen LogP contribution in [0.2, 0.25) is 0 Å². The maximum atomic E-state index is 4.56. The molecule has 1 aromatic rings. The van der Waals surface area contributed by atoms with Crippen molar-refractivity contribution in [3.05, 3.63) is 12.3 Å². The molecule has 1 aromatic heterocycles. The number of hydrogen-bond acceptors (Lipinski definition) is 4. The Bertz CT molecular complexity index is 372. The lowest BCUT2D eigenvalue weighted by Gasteiger charge is -2.34. The summed E-state index contributed by atoms with van der Waals surface area (Å²) in [5, 5.41) is 3.16. The van der Waals surface area contributed by atoms with Crippen LogP contribution in [-0.2, 0) is 0 Å². The van der Waals surface area contributed by atoms with Crippen LogP contribution < -0.4 is 10.2 Å². The Labute approximate surface area is 110 Å². The van der Waals surface area contributed by atoms with Crippen LogP contribution in [0.25, 0.3) is 0 Å². The number of anilines is 2. The molecule has 1 saturated carbocycles. The first-order valence-corrected chi connectivity index (χ1v) is 7.00. The van der Waals surface area contributed by atoms with E-state index in [2.05, 4.69) is 41.1 Å². The summed E-state index contributed by atoms with van der Waals surface area (Å²) in [6.45, 7) is 5.26. The Hall–Kier alpha value is -1.32. The van der Waals surface area contributed by atoms with Gasteiger partial charge in [0, 0.05) is 25.8 Å². The Balaban J connectivity index is 2.03. The summed E-state index contributed by atoms with van der Waals surface area (Å²) in [5.41, 5.74) is 0. The van der Waals surface area contributed by atoms with Crippen molar-refractivity contribution in [2.75, 3.05) is 23.8 Å². The van der Waals surface area contributed by atoms with Gasteiger partial charge in [-0.2, -0.15) is 4.98 Å². The smallest absolute Gasteiger partial charge is 0.224 e. The summed E-state index contributed by atoms with van der Waals surface area (Å²) < 4.78 is 0. The minimum Gasteiger partial charge on any atom is -0.357 e. The molecule has 0 atom stereocenters. The zero-order valence-corrected chi connectivity index (χ0v) is 11.7. The van der Waals surface area contributed by atoms with Crippen molar-refractivity contribution < 1.29 is 0 Å². The Morgan fingerprint density at radius 3 is 2.72 bits per heavy atom. The van der Waals surface area contributed by atoms with Crippen molar-refractivity contribution in [3.8, 4) is 0 Å². The highest BCUT2D eigenvalue weighted by Gasteiger charge is 2.22. The van der Waals surface area contributed by atoms with Crippen LogP contribution in [0.15, 0.2) is 12.3 Å². The second-order valence-electron chi connectivity index (χ2n) is 5.29. The Kier molecular flexibility index (Phi) is 4.39. The highest BCUT2D eigenvalue weighted by atomic mass is 15.2. The molecule has 0 radical (unpaired) electrons. The highest BCUT2D eigenvalue weighted by molar-refractivity contribution is 5.42. The van der Waals surface area contributed by atoms with E-state index in [1.54, 1.807) is 0 Å². The molecule has 0 bridgehead atoms. The molecule has 1 N–H and O–H groups in total. The number of aromatic nitrogens is 2. The lowest BCUT2D eigenvalue weighted by molar-refractivity contribution is 0.340. The number of rotatable bonds is 4. The van der Waals surface area contributed by atoms with E-state index in [0.717, 1.165) is 24.2 Å². The normalized spacial score (nSPS) is 23.7. The molecule has 100 valence electrons. The summed E-state index contributed by atoms with van der Waals surface area (Å²) in [6.07, 6.45) is 7.05. The molecular weight excluding hydrogens is 224 g/mol. The fraction of sp³-hybridized carbons (Fsp3) is 0.714. The molecule has 4 heteroatoms. The summed E-state index contributed by atoms with van der Waals surface area (Å²) in [5.74, 6) is 2.64. The van der Waals surface area contributed by atoms with Crippen molar-refractivity contribution in [2.45, 2.75) is 45.6 Å². The minimum absolute atomic E-state index is 0.630. The lowest BCUT2D eigenvalue weighted by atomic mass is 9.87. The highest BCUT2D eigenvalue weighted by Crippen LogP contribution is 2.28. The molecule has 0 aliphatic heterocycles. The fourth-order valence-corrected chi connectivity index (χ4v) is 2.61. The second kappa shape index (κ2) is 6.03. The lowest BCUT2D eigenvalue weighted by Crippen LogP contribution is -2.35. The van der Waals surface area contributed by atoms with Gasteiger partial charge in [0.2, 0.25) is 5.95 Å². The van der Waals surface area contributed by atoms with E-state index in [0.29, 0.717) is 6.04 Å². The molecule has 1 fully saturated rings. The minimum atomic E-state index is 0.630. The van der Waals surface area contributed by atoms with E-state index in [9.17, 15) is 0 Å². The van der Waals surface area contributed by atoms with Gasteiger partial charge in [0.1, 0.15) is 5.82 Å². The van der Waals surface area contributed by atoms with Gasteiger partial charge >= 0.3 is 0 Å². The molecule has 0 spiro atoms. The Morgan fingerprint density at radius 2 is 2.06 bits per heavy atom. The first-order chi connectivity index (χ1) is 8.70. The molecule has 4 nitrogen and oxygen atoms in total. The van der Waals surface area contributed by atoms with Crippen LogP contribution in [0.4, 0.5) is 11.8 Å². The maximum absolute atomic E-state index is 4.56. The van der Waals surface area contributed by atoms with Gasteiger partial charge in [0.05, 0.1) is 0 Å². The van der Waals surface area contributed by atoms with E-state index in [1.165, 1.54) is 25.7 Å². The summed E-state index contributed by atoms with van der Waals surface area (Å²) in [7, 11) is 2.15. The molecule has 2 rings (SSSR count). The fourth-order valence-electron chi connectivity index (χ4n) is 2.61. The predicted octanol–water partition coefficient (Wildman–Crippen LogP) is 2.92. The zero-order chi connectivity index (χ0) is 13.0. The van der Waals surface area contributed by atoms with Gasteiger partial charge in [0.15, 0.2) is 0 Å². The van der Waals surface area contributed by atoms with Crippen LogP contribution in [0.1, 0.15) is 39.5 Å². The first-order valence-electron chi connectivity index (χ1n) is 7.00. The summed E-state index contributed by atoms with van der Waals surface area (Å²) in [4.78, 5) is 11.1. The third kappa shape index (κ3) is 3.12. The Morgan fingerprint density at radius 1 is 1.33 bits per heavy atom. The summed E-state index contributed by atoms with van der Waals surface area (Å²) >= 11 is 0. The van der Waals surface area contributed by atoms with Gasteiger partial charge in [-0.05, 0) is 44.6 Å². The number of nitrogens with one attached hydrogen (secondary N) is 1. The SMILES string of the molecule is CCNc1nccc(N(C)C2CCC(C)CC2)n1. The van der Waals surface area contributed by atoms with Crippen LogP contribution in [-0.4, -0.2) is 29.6 Å².